The number of hydrogen-bond acceptors (Lipinski definition) is 5. The van der Waals surface area contributed by atoms with Crippen molar-refractivity contribution in [3.63, 3.8) is 0 Å². The first-order valence-corrected chi connectivity index (χ1v) is 4.76. The number of aromatic amines is 1. The van der Waals surface area contributed by atoms with Gasteiger partial charge in [-0.3, -0.25) is 4.57 Å². The minimum atomic E-state index is -0.805. The van der Waals surface area contributed by atoms with Crippen LogP contribution in [0, 0.1) is 6.08 Å². The van der Waals surface area contributed by atoms with E-state index in [1.54, 1.807) is 7.05 Å². The summed E-state index contributed by atoms with van der Waals surface area (Å²) in [5.41, 5.74) is -0.327. The minimum Gasteiger partial charge on any atom is -0.273 e. The van der Waals surface area contributed by atoms with Crippen LogP contribution < -0.4 is 5.69 Å². The number of nitrogens with one attached hydrogen (secondary N) is 1. The van der Waals surface area contributed by atoms with E-state index in [1.165, 1.54) is 16.8 Å². The Kier molecular flexibility index (Phi) is 2.50. The van der Waals surface area contributed by atoms with Crippen molar-refractivity contribution < 1.29 is 4.39 Å². The van der Waals surface area contributed by atoms with Crippen LogP contribution in [0.25, 0.3) is 0 Å². The predicted molar refractivity (Wildman–Crippen MR) is 49.9 cm³/mol. The minimum absolute atomic E-state index is 0.327. The molecule has 8 heteroatoms. The third kappa shape index (κ3) is 2.04. The summed E-state index contributed by atoms with van der Waals surface area (Å²) in [7, 11) is 1.56. The molecule has 0 saturated carbocycles. The van der Waals surface area contributed by atoms with Crippen molar-refractivity contribution in [3.05, 3.63) is 28.8 Å². The van der Waals surface area contributed by atoms with Crippen LogP contribution in [-0.4, -0.2) is 24.7 Å². The summed E-state index contributed by atoms with van der Waals surface area (Å²) in [5, 5.41) is 6.83. The first-order chi connectivity index (χ1) is 7.16. The highest BCUT2D eigenvalue weighted by molar-refractivity contribution is 7.99. The van der Waals surface area contributed by atoms with Gasteiger partial charge >= 0.3 is 11.8 Å². The SMILES string of the molecule is Cn1c(Sc2ccnc(F)n2)n[nH]c1=O. The topological polar surface area (TPSA) is 76.5 Å². The van der Waals surface area contributed by atoms with Gasteiger partial charge in [-0.2, -0.15) is 9.37 Å². The van der Waals surface area contributed by atoms with Crippen LogP contribution in [0.4, 0.5) is 4.39 Å². The Morgan fingerprint density at radius 1 is 1.60 bits per heavy atom. The molecule has 0 aliphatic heterocycles. The molecule has 6 nitrogen and oxygen atoms in total. The van der Waals surface area contributed by atoms with Gasteiger partial charge in [0.2, 0.25) is 0 Å². The molecule has 0 fully saturated rings. The molecule has 1 N–H and O–H groups in total. The highest BCUT2D eigenvalue weighted by Crippen LogP contribution is 2.21. The lowest BCUT2D eigenvalue weighted by molar-refractivity contribution is 0.527. The molecule has 0 spiro atoms. The number of aromatic nitrogens is 5. The van der Waals surface area contributed by atoms with Gasteiger partial charge in [-0.15, -0.1) is 5.10 Å². The Balaban J connectivity index is 2.29. The van der Waals surface area contributed by atoms with Gasteiger partial charge in [0.15, 0.2) is 5.16 Å². The molecule has 15 heavy (non-hydrogen) atoms. The maximum atomic E-state index is 12.6. The zero-order valence-corrected chi connectivity index (χ0v) is 8.45. The summed E-state index contributed by atoms with van der Waals surface area (Å²) in [6, 6.07) is 1.53. The molecule has 2 aromatic heterocycles. The molecule has 2 heterocycles. The summed E-state index contributed by atoms with van der Waals surface area (Å²) >= 11 is 1.08. The summed E-state index contributed by atoms with van der Waals surface area (Å²) in [6.07, 6.45) is 0.496. The van der Waals surface area contributed by atoms with Crippen molar-refractivity contribution in [1.29, 1.82) is 0 Å². The van der Waals surface area contributed by atoms with Crippen LogP contribution in [0.2, 0.25) is 0 Å². The van der Waals surface area contributed by atoms with Crippen LogP contribution in [0.1, 0.15) is 0 Å². The fraction of sp³-hybridized carbons (Fsp3) is 0.143. The molecule has 0 atom stereocenters. The maximum Gasteiger partial charge on any atom is 0.343 e. The van der Waals surface area contributed by atoms with Crippen molar-refractivity contribution in [2.45, 2.75) is 10.2 Å². The van der Waals surface area contributed by atoms with Crippen LogP contribution in [0.3, 0.4) is 0 Å². The Bertz CT molecular complexity index is 536. The lowest BCUT2D eigenvalue weighted by Gasteiger charge is -1.97. The van der Waals surface area contributed by atoms with Gasteiger partial charge < -0.3 is 0 Å². The van der Waals surface area contributed by atoms with Crippen molar-refractivity contribution in [2.24, 2.45) is 7.05 Å². The summed E-state index contributed by atoms with van der Waals surface area (Å²) in [4.78, 5) is 17.9. The van der Waals surface area contributed by atoms with Gasteiger partial charge in [-0.25, -0.2) is 14.9 Å². The van der Waals surface area contributed by atoms with Gasteiger partial charge in [0.25, 0.3) is 0 Å². The third-order valence-electron chi connectivity index (χ3n) is 1.64. The van der Waals surface area contributed by atoms with Crippen LogP contribution in [0.15, 0.2) is 27.2 Å². The Morgan fingerprint density at radius 2 is 2.40 bits per heavy atom. The van der Waals surface area contributed by atoms with Gasteiger partial charge in [0, 0.05) is 13.2 Å². The maximum absolute atomic E-state index is 12.6. The van der Waals surface area contributed by atoms with E-state index in [2.05, 4.69) is 20.2 Å². The van der Waals surface area contributed by atoms with Crippen LogP contribution in [0.5, 0.6) is 0 Å². The molecule has 0 saturated heterocycles. The van der Waals surface area contributed by atoms with Crippen LogP contribution in [-0.2, 0) is 7.05 Å². The Morgan fingerprint density at radius 3 is 3.00 bits per heavy atom. The quantitative estimate of drug-likeness (QED) is 0.585. The highest BCUT2D eigenvalue weighted by atomic mass is 32.2. The first-order valence-electron chi connectivity index (χ1n) is 3.94. The molecule has 0 radical (unpaired) electrons. The molecule has 0 aliphatic rings. The Hall–Kier alpha value is -1.70. The second kappa shape index (κ2) is 3.81. The van der Waals surface area contributed by atoms with Gasteiger partial charge in [-0.1, -0.05) is 0 Å². The third-order valence-corrected chi connectivity index (χ3v) is 2.62. The predicted octanol–water partition coefficient (Wildman–Crippen LogP) is 0.189. The van der Waals surface area contributed by atoms with E-state index in [-0.39, 0.29) is 5.69 Å². The van der Waals surface area contributed by atoms with Crippen molar-refractivity contribution in [2.75, 3.05) is 0 Å². The van der Waals surface area contributed by atoms with Gasteiger partial charge in [0.05, 0.1) is 0 Å². The molecule has 78 valence electrons. The number of halogens is 1. The summed E-state index contributed by atoms with van der Waals surface area (Å²) < 4.78 is 14.0. The zero-order valence-electron chi connectivity index (χ0n) is 7.64. The fourth-order valence-corrected chi connectivity index (χ4v) is 1.64. The molecule has 2 aromatic rings. The normalized spacial score (nSPS) is 10.5. The van der Waals surface area contributed by atoms with Crippen LogP contribution >= 0.6 is 11.8 Å². The number of rotatable bonds is 2. The second-order valence-corrected chi connectivity index (χ2v) is 3.62. The zero-order chi connectivity index (χ0) is 10.8. The average Bonchev–Trinajstić information content (AvgIpc) is 2.50. The lowest BCUT2D eigenvalue weighted by atomic mass is 10.7. The van der Waals surface area contributed by atoms with Crippen molar-refractivity contribution >= 4 is 11.8 Å². The van der Waals surface area contributed by atoms with E-state index < -0.39 is 6.08 Å². The van der Waals surface area contributed by atoms with Crippen molar-refractivity contribution in [3.8, 4) is 0 Å². The number of nitrogens with zero attached hydrogens (tertiary/aromatic N) is 4. The molecule has 0 aliphatic carbocycles. The molecule has 0 bridgehead atoms. The molecule has 0 aromatic carbocycles. The standard InChI is InChI=1S/C7H6FN5OS/c1-13-6(14)11-12-7(13)15-4-2-3-9-5(8)10-4/h2-3H,1H3,(H,11,14). The van der Waals surface area contributed by atoms with E-state index in [4.69, 9.17) is 0 Å². The van der Waals surface area contributed by atoms with E-state index in [1.807, 2.05) is 0 Å². The summed E-state index contributed by atoms with van der Waals surface area (Å²) in [5.74, 6) is 0. The van der Waals surface area contributed by atoms with Gasteiger partial charge in [-0.05, 0) is 17.8 Å². The van der Waals surface area contributed by atoms with Gasteiger partial charge in [0.1, 0.15) is 5.03 Å². The van der Waals surface area contributed by atoms with E-state index in [0.717, 1.165) is 11.8 Å². The molecule has 0 unspecified atom stereocenters. The number of hydrogen-bond donors (Lipinski definition) is 1. The fourth-order valence-electron chi connectivity index (χ4n) is 0.894. The van der Waals surface area contributed by atoms with E-state index in [0.29, 0.717) is 10.2 Å². The smallest absolute Gasteiger partial charge is 0.273 e. The second-order valence-electron chi connectivity index (χ2n) is 2.64. The molecule has 0 amide bonds. The van der Waals surface area contributed by atoms with Crippen molar-refractivity contribution in [1.82, 2.24) is 24.7 Å². The Labute approximate surface area is 87.6 Å². The van der Waals surface area contributed by atoms with E-state index in [9.17, 15) is 9.18 Å². The summed E-state index contributed by atoms with van der Waals surface area (Å²) in [6.45, 7) is 0. The molecule has 2 rings (SSSR count). The van der Waals surface area contributed by atoms with E-state index >= 15 is 0 Å². The monoisotopic (exact) mass is 227 g/mol. The molecular formula is C7H6FN5OS. The largest absolute Gasteiger partial charge is 0.343 e. The number of H-pyrrole nitrogens is 1. The molecular weight excluding hydrogens is 221 g/mol. The first kappa shape index (κ1) is 9.84. The lowest BCUT2D eigenvalue weighted by Crippen LogP contribution is -2.12. The average molecular weight is 227 g/mol. The highest BCUT2D eigenvalue weighted by Gasteiger charge is 2.07.